The lowest BCUT2D eigenvalue weighted by molar-refractivity contribution is -0.157. The molecule has 0 rings (SSSR count). The molecule has 0 aromatic carbocycles. The molecule has 7 heteroatoms. The zero-order chi connectivity index (χ0) is 11.9. The lowest BCUT2D eigenvalue weighted by atomic mass is 10.4. The Morgan fingerprint density at radius 2 is 2.07 bits per heavy atom. The molecule has 0 fully saturated rings. The van der Waals surface area contributed by atoms with Gasteiger partial charge in [-0.3, -0.25) is 4.79 Å². The molecule has 0 saturated heterocycles. The third-order valence-electron chi connectivity index (χ3n) is 1.60. The van der Waals surface area contributed by atoms with Gasteiger partial charge in [0.05, 0.1) is 13.2 Å². The van der Waals surface area contributed by atoms with Gasteiger partial charge in [-0.15, -0.1) is 0 Å². The summed E-state index contributed by atoms with van der Waals surface area (Å²) in [6, 6.07) is 0. The molecule has 0 unspecified atom stereocenters. The number of alkyl halides is 3. The molecule has 0 aromatic heterocycles. The molecule has 0 heterocycles. The van der Waals surface area contributed by atoms with Gasteiger partial charge in [-0.1, -0.05) is 0 Å². The van der Waals surface area contributed by atoms with E-state index in [4.69, 9.17) is 4.74 Å². The maximum absolute atomic E-state index is 11.9. The summed E-state index contributed by atoms with van der Waals surface area (Å²) in [4.78, 5) is 11.7. The minimum atomic E-state index is -4.35. The van der Waals surface area contributed by atoms with Crippen molar-refractivity contribution < 1.29 is 22.7 Å². The van der Waals surface area contributed by atoms with Crippen molar-refractivity contribution in [2.75, 3.05) is 40.4 Å². The van der Waals surface area contributed by atoms with Gasteiger partial charge in [0.2, 0.25) is 5.91 Å². The highest BCUT2D eigenvalue weighted by molar-refractivity contribution is 5.77. The molecule has 4 nitrogen and oxygen atoms in total. The van der Waals surface area contributed by atoms with Gasteiger partial charge < -0.3 is 15.0 Å². The van der Waals surface area contributed by atoms with Crippen LogP contribution in [0.15, 0.2) is 0 Å². The molecular formula is C8H15F3N2O2. The van der Waals surface area contributed by atoms with Gasteiger partial charge >= 0.3 is 6.18 Å². The predicted molar refractivity (Wildman–Crippen MR) is 48.4 cm³/mol. The molecule has 0 radical (unpaired) electrons. The van der Waals surface area contributed by atoms with Crippen LogP contribution in [-0.2, 0) is 9.53 Å². The van der Waals surface area contributed by atoms with Crippen LogP contribution in [0.5, 0.6) is 0 Å². The van der Waals surface area contributed by atoms with Crippen molar-refractivity contribution in [2.45, 2.75) is 6.18 Å². The molecule has 0 aliphatic heterocycles. The second kappa shape index (κ2) is 6.62. The maximum Gasteiger partial charge on any atom is 0.406 e. The normalized spacial score (nSPS) is 11.5. The quantitative estimate of drug-likeness (QED) is 0.662. The lowest BCUT2D eigenvalue weighted by Crippen LogP contribution is -2.41. The summed E-state index contributed by atoms with van der Waals surface area (Å²) in [6.45, 7) is -0.494. The largest absolute Gasteiger partial charge is 0.406 e. The highest BCUT2D eigenvalue weighted by atomic mass is 19.4. The molecule has 0 aliphatic carbocycles. The highest BCUT2D eigenvalue weighted by Crippen LogP contribution is 2.15. The van der Waals surface area contributed by atoms with Crippen LogP contribution in [0.4, 0.5) is 13.2 Å². The first-order valence-corrected chi connectivity index (χ1v) is 4.37. The fraction of sp³-hybridized carbons (Fsp3) is 0.875. The van der Waals surface area contributed by atoms with Gasteiger partial charge in [-0.2, -0.15) is 13.2 Å². The van der Waals surface area contributed by atoms with E-state index in [-0.39, 0.29) is 6.54 Å². The van der Waals surface area contributed by atoms with Crippen LogP contribution < -0.4 is 5.32 Å². The first-order valence-electron chi connectivity index (χ1n) is 4.37. The van der Waals surface area contributed by atoms with Gasteiger partial charge in [-0.05, 0) is 0 Å². The Labute approximate surface area is 86.4 Å². The number of nitrogens with one attached hydrogen (secondary N) is 1. The number of amides is 1. The fourth-order valence-corrected chi connectivity index (χ4v) is 0.862. The molecule has 1 N–H and O–H groups in total. The maximum atomic E-state index is 11.9. The number of nitrogens with zero attached hydrogens (tertiary/aromatic N) is 1. The molecule has 0 bridgehead atoms. The number of carbonyl (C=O) groups excluding carboxylic acids is 1. The minimum Gasteiger partial charge on any atom is -0.383 e. The number of likely N-dealkylation sites (N-methyl/N-ethyl adjacent to an activating group) is 1. The SMILES string of the molecule is COCCNCC(=O)N(C)CC(F)(F)F. The van der Waals surface area contributed by atoms with Crippen molar-refractivity contribution in [2.24, 2.45) is 0 Å². The molecular weight excluding hydrogens is 213 g/mol. The van der Waals surface area contributed by atoms with E-state index < -0.39 is 18.6 Å². The summed E-state index contributed by atoms with van der Waals surface area (Å²) < 4.78 is 40.3. The van der Waals surface area contributed by atoms with Gasteiger partial charge in [0.1, 0.15) is 6.54 Å². The van der Waals surface area contributed by atoms with E-state index in [0.29, 0.717) is 18.1 Å². The summed E-state index contributed by atoms with van der Waals surface area (Å²) in [7, 11) is 2.62. The predicted octanol–water partition coefficient (Wildman–Crippen LogP) is 0.243. The molecule has 0 aliphatic rings. The average molecular weight is 228 g/mol. The molecule has 0 aromatic rings. The van der Waals surface area contributed by atoms with Crippen LogP contribution in [0.1, 0.15) is 0 Å². The highest BCUT2D eigenvalue weighted by Gasteiger charge is 2.30. The Hall–Kier alpha value is -0.820. The van der Waals surface area contributed by atoms with Crippen molar-refractivity contribution >= 4 is 5.91 Å². The number of methoxy groups -OCH3 is 1. The van der Waals surface area contributed by atoms with E-state index in [1.807, 2.05) is 0 Å². The Morgan fingerprint density at radius 1 is 1.47 bits per heavy atom. The Kier molecular flexibility index (Phi) is 6.26. The summed E-state index contributed by atoms with van der Waals surface area (Å²) in [5.74, 6) is -0.594. The number of halogens is 3. The third kappa shape index (κ3) is 8.19. The number of carbonyl (C=O) groups is 1. The monoisotopic (exact) mass is 228 g/mol. The van der Waals surface area contributed by atoms with E-state index in [2.05, 4.69) is 5.32 Å². The van der Waals surface area contributed by atoms with Crippen molar-refractivity contribution in [1.29, 1.82) is 0 Å². The van der Waals surface area contributed by atoms with Crippen molar-refractivity contribution in [3.05, 3.63) is 0 Å². The van der Waals surface area contributed by atoms with Crippen LogP contribution in [-0.4, -0.2) is 57.4 Å². The topological polar surface area (TPSA) is 41.6 Å². The number of hydrogen-bond donors (Lipinski definition) is 1. The average Bonchev–Trinajstić information content (AvgIpc) is 2.09. The second-order valence-corrected chi connectivity index (χ2v) is 3.03. The Morgan fingerprint density at radius 3 is 2.53 bits per heavy atom. The van der Waals surface area contributed by atoms with Crippen molar-refractivity contribution in [3.8, 4) is 0 Å². The van der Waals surface area contributed by atoms with Crippen molar-refractivity contribution in [1.82, 2.24) is 10.2 Å². The lowest BCUT2D eigenvalue weighted by Gasteiger charge is -2.18. The first kappa shape index (κ1) is 14.2. The zero-order valence-corrected chi connectivity index (χ0v) is 8.73. The molecule has 0 atom stereocenters. The standard InChI is InChI=1S/C8H15F3N2O2/c1-13(6-8(9,10)11)7(14)5-12-3-4-15-2/h12H,3-6H2,1-2H3. The van der Waals surface area contributed by atoms with E-state index >= 15 is 0 Å². The Balaban J connectivity index is 3.70. The van der Waals surface area contributed by atoms with Crippen LogP contribution in [0.25, 0.3) is 0 Å². The van der Waals surface area contributed by atoms with Gasteiger partial charge in [0, 0.05) is 20.7 Å². The van der Waals surface area contributed by atoms with E-state index in [0.717, 1.165) is 7.05 Å². The van der Waals surface area contributed by atoms with Crippen LogP contribution in [0, 0.1) is 0 Å². The first-order chi connectivity index (χ1) is 6.87. The van der Waals surface area contributed by atoms with E-state index in [9.17, 15) is 18.0 Å². The number of rotatable bonds is 6. The van der Waals surface area contributed by atoms with Crippen LogP contribution >= 0.6 is 0 Å². The smallest absolute Gasteiger partial charge is 0.383 e. The summed E-state index contributed by atoms with van der Waals surface area (Å²) in [6.07, 6.45) is -4.35. The third-order valence-corrected chi connectivity index (χ3v) is 1.60. The minimum absolute atomic E-state index is 0.115. The summed E-state index contributed by atoms with van der Waals surface area (Å²) in [5, 5.41) is 2.67. The molecule has 0 saturated carbocycles. The van der Waals surface area contributed by atoms with Crippen LogP contribution in [0.2, 0.25) is 0 Å². The van der Waals surface area contributed by atoms with E-state index in [1.165, 1.54) is 7.11 Å². The Bertz CT molecular complexity index is 197. The summed E-state index contributed by atoms with van der Waals surface area (Å²) >= 11 is 0. The fourth-order valence-electron chi connectivity index (χ4n) is 0.862. The zero-order valence-electron chi connectivity index (χ0n) is 8.73. The van der Waals surface area contributed by atoms with Gasteiger partial charge in [-0.25, -0.2) is 0 Å². The molecule has 15 heavy (non-hydrogen) atoms. The molecule has 0 spiro atoms. The number of ether oxygens (including phenoxy) is 1. The van der Waals surface area contributed by atoms with Crippen molar-refractivity contribution in [3.63, 3.8) is 0 Å². The molecule has 90 valence electrons. The van der Waals surface area contributed by atoms with Gasteiger partial charge in [0.25, 0.3) is 0 Å². The van der Waals surface area contributed by atoms with Crippen LogP contribution in [0.3, 0.4) is 0 Å². The molecule has 1 amide bonds. The van der Waals surface area contributed by atoms with E-state index in [1.54, 1.807) is 0 Å². The summed E-state index contributed by atoms with van der Waals surface area (Å²) in [5.41, 5.74) is 0. The van der Waals surface area contributed by atoms with Gasteiger partial charge in [0.15, 0.2) is 0 Å². The number of hydrogen-bond acceptors (Lipinski definition) is 3. The second-order valence-electron chi connectivity index (χ2n) is 3.03.